The van der Waals surface area contributed by atoms with Gasteiger partial charge in [-0.1, -0.05) is 0 Å². The molecule has 1 aliphatic heterocycles. The predicted octanol–water partition coefficient (Wildman–Crippen LogP) is 1.83. The van der Waals surface area contributed by atoms with E-state index in [0.717, 1.165) is 18.7 Å². The number of ether oxygens (including phenoxy) is 2. The molecule has 0 aromatic heterocycles. The molecule has 0 saturated carbocycles. The minimum absolute atomic E-state index is 0. The first-order valence-corrected chi connectivity index (χ1v) is 5.38. The molecule has 17 heavy (non-hydrogen) atoms. The summed E-state index contributed by atoms with van der Waals surface area (Å²) in [5, 5.41) is 3.05. The molecule has 1 N–H and O–H groups in total. The number of hydrogen-bond donors (Lipinski definition) is 1. The highest BCUT2D eigenvalue weighted by atomic mass is 79.9. The predicted molar refractivity (Wildman–Crippen MR) is 70.6 cm³/mol. The topological polar surface area (TPSA) is 47.6 Å². The van der Waals surface area contributed by atoms with Crippen LogP contribution in [-0.4, -0.2) is 32.6 Å². The van der Waals surface area contributed by atoms with Crippen LogP contribution in [0.3, 0.4) is 0 Å². The van der Waals surface area contributed by atoms with Gasteiger partial charge in [0.05, 0.1) is 12.2 Å². The Bertz CT molecular complexity index is 395. The Morgan fingerprint density at radius 3 is 3.06 bits per heavy atom. The molecule has 1 heterocycles. The van der Waals surface area contributed by atoms with E-state index in [0.29, 0.717) is 17.9 Å². The molecule has 1 aromatic rings. The first-order valence-electron chi connectivity index (χ1n) is 5.38. The molecular weight excluding hydrogens is 286 g/mol. The minimum atomic E-state index is 0. The average Bonchev–Trinajstić information content (AvgIpc) is 2.66. The van der Waals surface area contributed by atoms with Gasteiger partial charge in [-0.25, -0.2) is 0 Å². The van der Waals surface area contributed by atoms with Crippen LogP contribution in [0.2, 0.25) is 0 Å². The van der Waals surface area contributed by atoms with Crippen LogP contribution in [0.1, 0.15) is 16.8 Å². The third-order valence-corrected chi connectivity index (χ3v) is 2.45. The molecule has 1 aromatic carbocycles. The summed E-state index contributed by atoms with van der Waals surface area (Å²) in [6.45, 7) is 1.74. The molecular formula is C12H16BrNO3. The van der Waals surface area contributed by atoms with Crippen molar-refractivity contribution in [2.24, 2.45) is 0 Å². The zero-order chi connectivity index (χ0) is 11.4. The van der Waals surface area contributed by atoms with Crippen LogP contribution in [0.5, 0.6) is 11.5 Å². The molecule has 0 fully saturated rings. The molecule has 4 nitrogen and oxygen atoms in total. The quantitative estimate of drug-likeness (QED) is 0.843. The Kier molecular flexibility index (Phi) is 5.44. The Morgan fingerprint density at radius 1 is 1.47 bits per heavy atom. The van der Waals surface area contributed by atoms with E-state index in [1.165, 1.54) is 0 Å². The number of nitrogens with one attached hydrogen (secondary N) is 1. The maximum absolute atomic E-state index is 11.3. The van der Waals surface area contributed by atoms with Crippen molar-refractivity contribution in [3.8, 4) is 11.5 Å². The summed E-state index contributed by atoms with van der Waals surface area (Å²) in [6, 6.07) is 5.35. The zero-order valence-corrected chi connectivity index (χ0v) is 11.4. The Balaban J connectivity index is 0.00000144. The standard InChI is InChI=1S/C12H15NO3.BrH/c1-13-5-2-6-15-9-3-4-10-11(14)8-16-12(10)7-9;/h3-4,7,13H,2,5-6,8H2,1H3;1H. The number of Topliss-reactive ketones (excluding diaryl/α,β-unsaturated/α-hetero) is 1. The normalized spacial score (nSPS) is 12.6. The highest BCUT2D eigenvalue weighted by molar-refractivity contribution is 8.93. The van der Waals surface area contributed by atoms with Gasteiger partial charge in [-0.05, 0) is 32.1 Å². The second kappa shape index (κ2) is 6.61. The van der Waals surface area contributed by atoms with Crippen molar-refractivity contribution in [2.75, 3.05) is 26.8 Å². The van der Waals surface area contributed by atoms with Gasteiger partial charge in [-0.3, -0.25) is 4.79 Å². The Hall–Kier alpha value is -1.07. The third kappa shape index (κ3) is 3.44. The summed E-state index contributed by atoms with van der Waals surface area (Å²) in [6.07, 6.45) is 0.952. The monoisotopic (exact) mass is 301 g/mol. The number of benzene rings is 1. The lowest BCUT2D eigenvalue weighted by Gasteiger charge is -2.06. The van der Waals surface area contributed by atoms with Gasteiger partial charge in [0.1, 0.15) is 11.5 Å². The highest BCUT2D eigenvalue weighted by Crippen LogP contribution is 2.29. The summed E-state index contributed by atoms with van der Waals surface area (Å²) in [5.74, 6) is 1.43. The van der Waals surface area contributed by atoms with E-state index in [4.69, 9.17) is 9.47 Å². The first kappa shape index (κ1) is 14.0. The smallest absolute Gasteiger partial charge is 0.203 e. The van der Waals surface area contributed by atoms with Crippen LogP contribution in [0.15, 0.2) is 18.2 Å². The van der Waals surface area contributed by atoms with E-state index in [1.54, 1.807) is 12.1 Å². The SMILES string of the molecule is Br.CNCCCOc1ccc2c(c1)OCC2=O. The van der Waals surface area contributed by atoms with E-state index < -0.39 is 0 Å². The van der Waals surface area contributed by atoms with Crippen molar-refractivity contribution in [3.05, 3.63) is 23.8 Å². The molecule has 0 atom stereocenters. The van der Waals surface area contributed by atoms with Crippen molar-refractivity contribution in [3.63, 3.8) is 0 Å². The Labute approximate surface area is 111 Å². The van der Waals surface area contributed by atoms with Crippen LogP contribution in [0.4, 0.5) is 0 Å². The van der Waals surface area contributed by atoms with E-state index in [-0.39, 0.29) is 29.4 Å². The van der Waals surface area contributed by atoms with Crippen LogP contribution < -0.4 is 14.8 Å². The lowest BCUT2D eigenvalue weighted by atomic mass is 10.1. The number of fused-ring (bicyclic) bond motifs is 1. The minimum Gasteiger partial charge on any atom is -0.493 e. The van der Waals surface area contributed by atoms with Gasteiger partial charge in [-0.2, -0.15) is 0 Å². The molecule has 0 spiro atoms. The van der Waals surface area contributed by atoms with Crippen LogP contribution in [-0.2, 0) is 0 Å². The molecule has 5 heteroatoms. The maximum atomic E-state index is 11.3. The first-order chi connectivity index (χ1) is 7.81. The number of hydrogen-bond acceptors (Lipinski definition) is 4. The lowest BCUT2D eigenvalue weighted by molar-refractivity contribution is 0.0961. The summed E-state index contributed by atoms with van der Waals surface area (Å²) in [7, 11) is 1.91. The molecule has 0 amide bonds. The summed E-state index contributed by atoms with van der Waals surface area (Å²) in [4.78, 5) is 11.3. The molecule has 1 aliphatic rings. The number of carbonyl (C=O) groups is 1. The van der Waals surface area contributed by atoms with E-state index in [1.807, 2.05) is 13.1 Å². The highest BCUT2D eigenvalue weighted by Gasteiger charge is 2.21. The number of carbonyl (C=O) groups excluding carboxylic acids is 1. The van der Waals surface area contributed by atoms with Crippen LogP contribution in [0.25, 0.3) is 0 Å². The number of ketones is 1. The van der Waals surface area contributed by atoms with Gasteiger partial charge < -0.3 is 14.8 Å². The van der Waals surface area contributed by atoms with Gasteiger partial charge in [0.25, 0.3) is 0 Å². The fraction of sp³-hybridized carbons (Fsp3) is 0.417. The van der Waals surface area contributed by atoms with Crippen molar-refractivity contribution in [1.29, 1.82) is 0 Å². The second-order valence-electron chi connectivity index (χ2n) is 3.68. The van der Waals surface area contributed by atoms with Gasteiger partial charge in [0.15, 0.2) is 6.61 Å². The van der Waals surface area contributed by atoms with Gasteiger partial charge in [0.2, 0.25) is 5.78 Å². The summed E-state index contributed by atoms with van der Waals surface area (Å²) in [5.41, 5.74) is 0.655. The molecule has 0 radical (unpaired) electrons. The Morgan fingerprint density at radius 2 is 2.29 bits per heavy atom. The average molecular weight is 302 g/mol. The van der Waals surface area contributed by atoms with Crippen LogP contribution in [0, 0.1) is 0 Å². The molecule has 0 unspecified atom stereocenters. The molecule has 94 valence electrons. The largest absolute Gasteiger partial charge is 0.493 e. The fourth-order valence-electron chi connectivity index (χ4n) is 1.60. The van der Waals surface area contributed by atoms with Gasteiger partial charge >= 0.3 is 0 Å². The van der Waals surface area contributed by atoms with Gasteiger partial charge in [-0.15, -0.1) is 17.0 Å². The molecule has 2 rings (SSSR count). The molecule has 0 saturated heterocycles. The van der Waals surface area contributed by atoms with Crippen molar-refractivity contribution < 1.29 is 14.3 Å². The summed E-state index contributed by atoms with van der Waals surface area (Å²) < 4.78 is 10.8. The second-order valence-corrected chi connectivity index (χ2v) is 3.68. The van der Waals surface area contributed by atoms with Crippen molar-refractivity contribution in [1.82, 2.24) is 5.32 Å². The molecule has 0 aliphatic carbocycles. The van der Waals surface area contributed by atoms with Gasteiger partial charge in [0, 0.05) is 6.07 Å². The van der Waals surface area contributed by atoms with Crippen LogP contribution >= 0.6 is 17.0 Å². The third-order valence-electron chi connectivity index (χ3n) is 2.45. The zero-order valence-electron chi connectivity index (χ0n) is 9.69. The molecule has 0 bridgehead atoms. The number of rotatable bonds is 5. The van der Waals surface area contributed by atoms with Crippen molar-refractivity contribution in [2.45, 2.75) is 6.42 Å². The van der Waals surface area contributed by atoms with E-state index in [2.05, 4.69) is 5.32 Å². The van der Waals surface area contributed by atoms with Crippen molar-refractivity contribution >= 4 is 22.8 Å². The number of halogens is 1. The van der Waals surface area contributed by atoms with E-state index >= 15 is 0 Å². The van der Waals surface area contributed by atoms with E-state index in [9.17, 15) is 4.79 Å². The summed E-state index contributed by atoms with van der Waals surface area (Å²) >= 11 is 0. The maximum Gasteiger partial charge on any atom is 0.203 e. The fourth-order valence-corrected chi connectivity index (χ4v) is 1.60. The lowest BCUT2D eigenvalue weighted by Crippen LogP contribution is -2.11.